The number of methoxy groups -OCH3 is 1. The van der Waals surface area contributed by atoms with E-state index in [4.69, 9.17) is 18.9 Å². The summed E-state index contributed by atoms with van der Waals surface area (Å²) >= 11 is 0. The maximum atomic E-state index is 13.5. The van der Waals surface area contributed by atoms with E-state index in [2.05, 4.69) is 10.1 Å². The average molecular weight is 535 g/mol. The summed E-state index contributed by atoms with van der Waals surface area (Å²) < 4.78 is 18.4. The monoisotopic (exact) mass is 535 g/mol. The molecule has 0 saturated heterocycles. The van der Waals surface area contributed by atoms with Crippen molar-refractivity contribution in [1.82, 2.24) is 19.6 Å². The molecule has 0 amide bonds. The van der Waals surface area contributed by atoms with E-state index >= 15 is 0 Å². The highest BCUT2D eigenvalue weighted by Gasteiger charge is 2.38. The molecule has 40 heavy (non-hydrogen) atoms. The Hall–Kier alpha value is -5.78. The van der Waals surface area contributed by atoms with E-state index in [-0.39, 0.29) is 34.5 Å². The molecular formula is C28H17N5O7. The molecule has 0 saturated carbocycles. The van der Waals surface area contributed by atoms with Crippen LogP contribution >= 0.6 is 0 Å². The Kier molecular flexibility index (Phi) is 5.04. The molecule has 0 fully saturated rings. The van der Waals surface area contributed by atoms with Crippen LogP contribution in [0.15, 0.2) is 82.3 Å². The molecule has 0 aliphatic carbocycles. The van der Waals surface area contributed by atoms with Crippen molar-refractivity contribution in [2.75, 3.05) is 7.11 Å². The van der Waals surface area contributed by atoms with Gasteiger partial charge in [-0.15, -0.1) is 5.10 Å². The van der Waals surface area contributed by atoms with E-state index in [1.165, 1.54) is 36.2 Å². The Morgan fingerprint density at radius 2 is 1.93 bits per heavy atom. The number of ether oxygens (including phenoxy) is 2. The van der Waals surface area contributed by atoms with Gasteiger partial charge in [0.2, 0.25) is 5.88 Å². The number of hydrogen-bond donors (Lipinski definition) is 1. The van der Waals surface area contributed by atoms with E-state index in [1.54, 1.807) is 48.5 Å². The van der Waals surface area contributed by atoms with Crippen molar-refractivity contribution in [3.8, 4) is 34.5 Å². The summed E-state index contributed by atoms with van der Waals surface area (Å²) in [5.74, 6) is 0.0205. The van der Waals surface area contributed by atoms with Crippen LogP contribution in [0.5, 0.6) is 23.1 Å². The SMILES string of the molecule is COc1ccc(-c2nc3c4c(ncn3n2)Oc2c(c(=O)oc3ccccc23)C4c2cccc([N+](=O)[O-])c2)cc1O. The fourth-order valence-electron chi connectivity index (χ4n) is 5.03. The lowest BCUT2D eigenvalue weighted by Gasteiger charge is -2.27. The van der Waals surface area contributed by atoms with Crippen LogP contribution in [0.25, 0.3) is 28.0 Å². The molecule has 1 N–H and O–H groups in total. The van der Waals surface area contributed by atoms with Crippen LogP contribution in [0.3, 0.4) is 0 Å². The van der Waals surface area contributed by atoms with Crippen LogP contribution in [0.4, 0.5) is 5.69 Å². The van der Waals surface area contributed by atoms with Crippen molar-refractivity contribution < 1.29 is 23.9 Å². The maximum Gasteiger partial charge on any atom is 0.344 e. The molecule has 0 spiro atoms. The lowest BCUT2D eigenvalue weighted by atomic mass is 9.84. The molecule has 1 aliphatic heterocycles. The van der Waals surface area contributed by atoms with Gasteiger partial charge in [-0.05, 0) is 35.9 Å². The number of nitrogens with zero attached hydrogens (tertiary/aromatic N) is 5. The minimum atomic E-state index is -0.878. The zero-order valence-corrected chi connectivity index (χ0v) is 20.6. The molecule has 6 aromatic rings. The van der Waals surface area contributed by atoms with E-state index in [0.717, 1.165) is 0 Å². The number of aromatic nitrogens is 4. The number of hydrogen-bond acceptors (Lipinski definition) is 10. The highest BCUT2D eigenvalue weighted by Crippen LogP contribution is 2.49. The van der Waals surface area contributed by atoms with Gasteiger partial charge in [0.1, 0.15) is 11.9 Å². The van der Waals surface area contributed by atoms with Gasteiger partial charge < -0.3 is 19.0 Å². The number of nitro benzene ring substituents is 1. The number of rotatable bonds is 4. The fraction of sp³-hybridized carbons (Fsp3) is 0.0714. The first kappa shape index (κ1) is 23.3. The topological polar surface area (TPSA) is 155 Å². The molecule has 3 aromatic carbocycles. The molecule has 4 heterocycles. The van der Waals surface area contributed by atoms with Crippen molar-refractivity contribution in [2.24, 2.45) is 0 Å². The van der Waals surface area contributed by atoms with E-state index in [1.807, 2.05) is 0 Å². The third-order valence-corrected chi connectivity index (χ3v) is 6.81. The second-order valence-electron chi connectivity index (χ2n) is 9.07. The summed E-state index contributed by atoms with van der Waals surface area (Å²) in [6.45, 7) is 0. The number of para-hydroxylation sites is 1. The van der Waals surface area contributed by atoms with Crippen LogP contribution in [0.2, 0.25) is 0 Å². The van der Waals surface area contributed by atoms with Crippen LogP contribution in [0.1, 0.15) is 22.6 Å². The van der Waals surface area contributed by atoms with Crippen LogP contribution in [-0.2, 0) is 0 Å². The molecule has 0 bridgehead atoms. The third kappa shape index (κ3) is 3.46. The molecule has 1 atom stereocenters. The highest BCUT2D eigenvalue weighted by molar-refractivity contribution is 5.87. The molecular weight excluding hydrogens is 518 g/mol. The Morgan fingerprint density at radius 3 is 2.73 bits per heavy atom. The smallest absolute Gasteiger partial charge is 0.344 e. The van der Waals surface area contributed by atoms with E-state index in [9.17, 15) is 20.0 Å². The molecule has 12 nitrogen and oxygen atoms in total. The first-order chi connectivity index (χ1) is 19.4. The van der Waals surface area contributed by atoms with Crippen molar-refractivity contribution in [2.45, 2.75) is 5.92 Å². The minimum Gasteiger partial charge on any atom is -0.504 e. The van der Waals surface area contributed by atoms with Gasteiger partial charge in [-0.3, -0.25) is 10.1 Å². The van der Waals surface area contributed by atoms with Crippen molar-refractivity contribution in [3.05, 3.63) is 110 Å². The van der Waals surface area contributed by atoms with Crippen LogP contribution in [0, 0.1) is 10.1 Å². The molecule has 7 rings (SSSR count). The maximum absolute atomic E-state index is 13.5. The number of non-ortho nitro benzene ring substituents is 1. The number of phenolic OH excluding ortho intramolecular Hbond substituents is 1. The molecule has 1 unspecified atom stereocenters. The Labute approximate surface area is 223 Å². The van der Waals surface area contributed by atoms with Crippen molar-refractivity contribution in [1.29, 1.82) is 0 Å². The molecule has 3 aromatic heterocycles. The van der Waals surface area contributed by atoms with E-state index in [0.29, 0.717) is 39.1 Å². The van der Waals surface area contributed by atoms with Crippen LogP contribution in [-0.4, -0.2) is 36.7 Å². The number of phenols is 1. The van der Waals surface area contributed by atoms with Gasteiger partial charge >= 0.3 is 5.63 Å². The lowest BCUT2D eigenvalue weighted by Crippen LogP contribution is -2.22. The molecule has 196 valence electrons. The number of fused-ring (bicyclic) bond motifs is 6. The predicted octanol–water partition coefficient (Wildman–Crippen LogP) is 4.81. The first-order valence-electron chi connectivity index (χ1n) is 12.0. The van der Waals surface area contributed by atoms with Crippen LogP contribution < -0.4 is 15.1 Å². The summed E-state index contributed by atoms with van der Waals surface area (Å²) in [5, 5.41) is 27.0. The Balaban J connectivity index is 1.52. The largest absolute Gasteiger partial charge is 0.504 e. The molecule has 12 heteroatoms. The molecule has 1 aliphatic rings. The summed E-state index contributed by atoms with van der Waals surface area (Å²) in [6, 6.07) is 17.7. The number of benzene rings is 3. The average Bonchev–Trinajstić information content (AvgIpc) is 3.41. The fourth-order valence-corrected chi connectivity index (χ4v) is 5.03. The van der Waals surface area contributed by atoms with Gasteiger partial charge in [0.05, 0.1) is 34.5 Å². The first-order valence-corrected chi connectivity index (χ1v) is 12.0. The summed E-state index contributed by atoms with van der Waals surface area (Å²) in [5.41, 5.74) is 1.34. The van der Waals surface area contributed by atoms with Crippen molar-refractivity contribution >= 4 is 22.3 Å². The summed E-state index contributed by atoms with van der Waals surface area (Å²) in [6.07, 6.45) is 1.43. The third-order valence-electron chi connectivity index (χ3n) is 6.81. The summed E-state index contributed by atoms with van der Waals surface area (Å²) in [7, 11) is 1.45. The normalized spacial score (nSPS) is 14.0. The standard InChI is InChI=1S/C28H17N5O7/c1-38-20-10-9-15(12-18(20)34)25-30-26-23-21(14-5-4-6-16(11-14)33(36)37)22-24(40-27(23)29-13-32(26)31-25)17-7-2-3-8-19(17)39-28(22)35/h2-13,21,34H,1H3. The van der Waals surface area contributed by atoms with Gasteiger partial charge in [0.25, 0.3) is 5.69 Å². The van der Waals surface area contributed by atoms with Gasteiger partial charge in [0.15, 0.2) is 28.7 Å². The lowest BCUT2D eigenvalue weighted by molar-refractivity contribution is -0.384. The number of nitro groups is 1. The van der Waals surface area contributed by atoms with E-state index < -0.39 is 16.5 Å². The number of aromatic hydroxyl groups is 1. The Morgan fingerprint density at radius 1 is 1.07 bits per heavy atom. The van der Waals surface area contributed by atoms with Gasteiger partial charge in [-0.25, -0.2) is 19.3 Å². The molecule has 0 radical (unpaired) electrons. The second kappa shape index (κ2) is 8.63. The zero-order chi connectivity index (χ0) is 27.5. The second-order valence-corrected chi connectivity index (χ2v) is 9.07. The minimum absolute atomic E-state index is 0.0878. The summed E-state index contributed by atoms with van der Waals surface area (Å²) in [4.78, 5) is 33.8. The Bertz CT molecular complexity index is 2070. The quantitative estimate of drug-likeness (QED) is 0.189. The highest BCUT2D eigenvalue weighted by atomic mass is 16.6. The van der Waals surface area contributed by atoms with Gasteiger partial charge in [0, 0.05) is 17.7 Å². The van der Waals surface area contributed by atoms with Gasteiger partial charge in [-0.2, -0.15) is 0 Å². The van der Waals surface area contributed by atoms with Gasteiger partial charge in [-0.1, -0.05) is 24.3 Å². The van der Waals surface area contributed by atoms with Crippen molar-refractivity contribution in [3.63, 3.8) is 0 Å². The zero-order valence-electron chi connectivity index (χ0n) is 20.6. The predicted molar refractivity (Wildman–Crippen MR) is 141 cm³/mol.